The van der Waals surface area contributed by atoms with E-state index >= 15 is 0 Å². The van der Waals surface area contributed by atoms with Crippen LogP contribution in [0.15, 0.2) is 6.07 Å². The van der Waals surface area contributed by atoms with Crippen LogP contribution >= 0.6 is 0 Å². The van der Waals surface area contributed by atoms with Gasteiger partial charge in [0.15, 0.2) is 0 Å². The van der Waals surface area contributed by atoms with Crippen molar-refractivity contribution in [2.45, 2.75) is 0 Å². The van der Waals surface area contributed by atoms with E-state index in [1.807, 2.05) is 6.07 Å². The summed E-state index contributed by atoms with van der Waals surface area (Å²) >= 11 is 0. The fourth-order valence-corrected chi connectivity index (χ4v) is 2.17. The van der Waals surface area contributed by atoms with Gasteiger partial charge in [0.1, 0.15) is 5.82 Å². The van der Waals surface area contributed by atoms with E-state index in [0.717, 1.165) is 64.4 Å². The van der Waals surface area contributed by atoms with Crippen molar-refractivity contribution in [1.82, 2.24) is 9.97 Å². The molecule has 0 spiro atoms. The van der Waals surface area contributed by atoms with E-state index in [4.69, 9.17) is 9.47 Å². The second kappa shape index (κ2) is 5.49. The summed E-state index contributed by atoms with van der Waals surface area (Å²) in [7, 11) is 0. The van der Waals surface area contributed by atoms with Gasteiger partial charge in [0, 0.05) is 32.2 Å². The fraction of sp³-hybridized carbons (Fsp3) is 0.667. The Morgan fingerprint density at radius 2 is 1.56 bits per heavy atom. The second-order valence-corrected chi connectivity index (χ2v) is 4.35. The number of ether oxygens (including phenoxy) is 2. The van der Waals surface area contributed by atoms with E-state index in [-0.39, 0.29) is 0 Å². The van der Waals surface area contributed by atoms with Crippen molar-refractivity contribution in [2.24, 2.45) is 0 Å². The molecule has 3 rings (SSSR count). The van der Waals surface area contributed by atoms with Crippen molar-refractivity contribution in [1.29, 1.82) is 0 Å². The standard InChI is InChI=1S/C12H17N4O2/c1-2-13-12(16-5-9-18-10-6-16)14-11(1)15-3-7-17-8-4-15/h1H,3-10H2. The molecule has 18 heavy (non-hydrogen) atoms. The van der Waals surface area contributed by atoms with Crippen molar-refractivity contribution in [3.63, 3.8) is 0 Å². The number of anilines is 2. The minimum atomic E-state index is 0.741. The summed E-state index contributed by atoms with van der Waals surface area (Å²) in [6.45, 7) is 6.46. The lowest BCUT2D eigenvalue weighted by molar-refractivity contribution is 0.121. The van der Waals surface area contributed by atoms with E-state index in [9.17, 15) is 0 Å². The van der Waals surface area contributed by atoms with Crippen molar-refractivity contribution < 1.29 is 9.47 Å². The predicted octanol–water partition coefficient (Wildman–Crippen LogP) is -0.0500. The van der Waals surface area contributed by atoms with E-state index < -0.39 is 0 Å². The summed E-state index contributed by atoms with van der Waals surface area (Å²) in [5.41, 5.74) is 0. The molecule has 0 atom stereocenters. The van der Waals surface area contributed by atoms with Gasteiger partial charge in [-0.2, -0.15) is 4.98 Å². The SMILES string of the molecule is [c]1cc(N2CCOCC2)nc(N2CCOCC2)n1. The van der Waals surface area contributed by atoms with Gasteiger partial charge in [0.2, 0.25) is 5.95 Å². The van der Waals surface area contributed by atoms with Crippen LogP contribution in [0, 0.1) is 6.20 Å². The average Bonchev–Trinajstić information content (AvgIpc) is 2.49. The molecule has 3 heterocycles. The van der Waals surface area contributed by atoms with Crippen LogP contribution in [0.1, 0.15) is 0 Å². The lowest BCUT2D eigenvalue weighted by Crippen LogP contribution is -2.39. The summed E-state index contributed by atoms with van der Waals surface area (Å²) < 4.78 is 10.7. The van der Waals surface area contributed by atoms with Gasteiger partial charge in [0.25, 0.3) is 0 Å². The van der Waals surface area contributed by atoms with Gasteiger partial charge in [-0.15, -0.1) is 0 Å². The number of hydrogen-bond acceptors (Lipinski definition) is 6. The molecule has 1 radical (unpaired) electrons. The Morgan fingerprint density at radius 1 is 0.944 bits per heavy atom. The van der Waals surface area contributed by atoms with E-state index in [0.29, 0.717) is 0 Å². The third kappa shape index (κ3) is 2.54. The summed E-state index contributed by atoms with van der Waals surface area (Å²) in [4.78, 5) is 13.2. The quantitative estimate of drug-likeness (QED) is 0.732. The first kappa shape index (κ1) is 11.7. The Hall–Kier alpha value is -1.40. The zero-order valence-electron chi connectivity index (χ0n) is 10.3. The highest BCUT2D eigenvalue weighted by Crippen LogP contribution is 2.16. The maximum absolute atomic E-state index is 5.35. The minimum Gasteiger partial charge on any atom is -0.378 e. The summed E-state index contributed by atoms with van der Waals surface area (Å²) in [5.74, 6) is 1.69. The van der Waals surface area contributed by atoms with E-state index in [1.54, 1.807) is 0 Å². The van der Waals surface area contributed by atoms with Gasteiger partial charge in [-0.1, -0.05) is 0 Å². The number of rotatable bonds is 2. The van der Waals surface area contributed by atoms with Crippen LogP contribution in [-0.4, -0.2) is 62.6 Å². The van der Waals surface area contributed by atoms with Gasteiger partial charge >= 0.3 is 0 Å². The fourth-order valence-electron chi connectivity index (χ4n) is 2.17. The third-order valence-corrected chi connectivity index (χ3v) is 3.20. The van der Waals surface area contributed by atoms with Gasteiger partial charge in [-0.3, -0.25) is 0 Å². The molecule has 6 nitrogen and oxygen atoms in total. The Balaban J connectivity index is 1.75. The Labute approximate surface area is 107 Å². The molecule has 2 aliphatic heterocycles. The van der Waals surface area contributed by atoms with Crippen LogP contribution in [0.4, 0.5) is 11.8 Å². The molecule has 0 saturated carbocycles. The van der Waals surface area contributed by atoms with E-state index in [1.165, 1.54) is 0 Å². The number of morpholine rings is 2. The molecule has 1 aromatic heterocycles. The average molecular weight is 249 g/mol. The summed E-state index contributed by atoms with van der Waals surface area (Å²) in [6, 6.07) is 1.84. The maximum atomic E-state index is 5.35. The first-order chi connectivity index (χ1) is 8.93. The monoisotopic (exact) mass is 249 g/mol. The van der Waals surface area contributed by atoms with Crippen molar-refractivity contribution in [3.05, 3.63) is 12.3 Å². The molecule has 0 unspecified atom stereocenters. The molecule has 97 valence electrons. The molecule has 0 N–H and O–H groups in total. The van der Waals surface area contributed by atoms with Gasteiger partial charge in [-0.05, 0) is 0 Å². The number of aromatic nitrogens is 2. The van der Waals surface area contributed by atoms with Crippen LogP contribution in [0.5, 0.6) is 0 Å². The summed E-state index contributed by atoms with van der Waals surface area (Å²) in [6.07, 6.45) is 2.95. The normalized spacial score (nSPS) is 21.1. The Bertz CT molecular complexity index is 356. The molecule has 2 aliphatic rings. The minimum absolute atomic E-state index is 0.741. The first-order valence-electron chi connectivity index (χ1n) is 6.34. The molecule has 0 bridgehead atoms. The van der Waals surface area contributed by atoms with Crippen molar-refractivity contribution in [3.8, 4) is 0 Å². The predicted molar refractivity (Wildman–Crippen MR) is 66.9 cm³/mol. The van der Waals surface area contributed by atoms with E-state index in [2.05, 4.69) is 26.0 Å². The number of hydrogen-bond donors (Lipinski definition) is 0. The highest BCUT2D eigenvalue weighted by molar-refractivity contribution is 5.43. The Kier molecular flexibility index (Phi) is 3.56. The highest BCUT2D eigenvalue weighted by atomic mass is 16.5. The van der Waals surface area contributed by atoms with Gasteiger partial charge in [0.05, 0.1) is 32.6 Å². The molecule has 1 aromatic rings. The molecule has 0 amide bonds. The second-order valence-electron chi connectivity index (χ2n) is 4.35. The highest BCUT2D eigenvalue weighted by Gasteiger charge is 2.17. The smallest absolute Gasteiger partial charge is 0.228 e. The first-order valence-corrected chi connectivity index (χ1v) is 6.34. The third-order valence-electron chi connectivity index (χ3n) is 3.20. The number of nitrogens with zero attached hydrogens (tertiary/aromatic N) is 4. The van der Waals surface area contributed by atoms with Crippen LogP contribution in [0.25, 0.3) is 0 Å². The molecular formula is C12H17N4O2. The lowest BCUT2D eigenvalue weighted by Gasteiger charge is -2.30. The zero-order valence-corrected chi connectivity index (χ0v) is 10.3. The molecule has 0 aromatic carbocycles. The topological polar surface area (TPSA) is 50.7 Å². The van der Waals surface area contributed by atoms with Gasteiger partial charge < -0.3 is 19.3 Å². The molecule has 0 aliphatic carbocycles. The van der Waals surface area contributed by atoms with Crippen molar-refractivity contribution in [2.75, 3.05) is 62.4 Å². The van der Waals surface area contributed by atoms with Crippen LogP contribution < -0.4 is 9.80 Å². The Morgan fingerprint density at radius 3 is 2.22 bits per heavy atom. The van der Waals surface area contributed by atoms with Crippen LogP contribution in [-0.2, 0) is 9.47 Å². The summed E-state index contributed by atoms with van der Waals surface area (Å²) in [5, 5.41) is 0. The van der Waals surface area contributed by atoms with Gasteiger partial charge in [-0.25, -0.2) is 4.98 Å². The molecule has 6 heteroatoms. The lowest BCUT2D eigenvalue weighted by atomic mass is 10.4. The molecular weight excluding hydrogens is 232 g/mol. The maximum Gasteiger partial charge on any atom is 0.228 e. The zero-order chi connectivity index (χ0) is 12.2. The van der Waals surface area contributed by atoms with Crippen LogP contribution in [0.3, 0.4) is 0 Å². The van der Waals surface area contributed by atoms with Crippen LogP contribution in [0.2, 0.25) is 0 Å². The molecule has 2 saturated heterocycles. The van der Waals surface area contributed by atoms with Crippen molar-refractivity contribution >= 4 is 11.8 Å². The largest absolute Gasteiger partial charge is 0.378 e. The molecule has 2 fully saturated rings.